The molecule has 0 spiro atoms. The molecule has 1 heterocycles. The van der Waals surface area contributed by atoms with Crippen LogP contribution in [0, 0.1) is 24.7 Å². The summed E-state index contributed by atoms with van der Waals surface area (Å²) in [7, 11) is 1.69. The molecule has 0 unspecified atom stereocenters. The molecule has 0 aromatic heterocycles. The van der Waals surface area contributed by atoms with E-state index in [-0.39, 0.29) is 45.8 Å². The Kier molecular flexibility index (Phi) is 6.17. The van der Waals surface area contributed by atoms with Gasteiger partial charge in [-0.05, 0) is 74.2 Å². The first kappa shape index (κ1) is 22.9. The summed E-state index contributed by atoms with van der Waals surface area (Å²) in [4.78, 5) is 31.2. The van der Waals surface area contributed by atoms with Crippen LogP contribution in [0.3, 0.4) is 0 Å². The van der Waals surface area contributed by atoms with E-state index < -0.39 is 5.82 Å². The summed E-state index contributed by atoms with van der Waals surface area (Å²) in [5.41, 5.74) is 2.08. The average Bonchev–Trinajstić information content (AvgIpc) is 3.09. The fourth-order valence-electron chi connectivity index (χ4n) is 4.58. The summed E-state index contributed by atoms with van der Waals surface area (Å²) >= 11 is 5.52. The molecule has 170 valence electrons. The zero-order valence-electron chi connectivity index (χ0n) is 18.7. The Morgan fingerprint density at radius 3 is 2.52 bits per heavy atom. The first-order chi connectivity index (χ1) is 15.8. The fraction of sp³-hybridized carbons (Fsp3) is 0.360. The molecule has 2 fully saturated rings. The first-order valence-electron chi connectivity index (χ1n) is 10.9. The van der Waals surface area contributed by atoms with Crippen LogP contribution >= 0.6 is 12.2 Å². The van der Waals surface area contributed by atoms with E-state index in [1.807, 2.05) is 24.3 Å². The minimum Gasteiger partial charge on any atom is -0.359 e. The standard InChI is InChI=1S/C25H25FN4O2S/c1-16-19(27-2)9-10-20(22(16)26)30-21(31)15-29(24(30)33)18-7-5-17(6-8-18)11-14-25(12-4-13-25)23(32)28-3/h5-10H,4,11-15H2,1,3H3,(H,28,32). The zero-order valence-corrected chi connectivity index (χ0v) is 19.5. The average molecular weight is 465 g/mol. The van der Waals surface area contributed by atoms with Crippen LogP contribution in [0.15, 0.2) is 36.4 Å². The van der Waals surface area contributed by atoms with Gasteiger partial charge in [-0.1, -0.05) is 24.6 Å². The van der Waals surface area contributed by atoms with Crippen LogP contribution in [0.5, 0.6) is 0 Å². The van der Waals surface area contributed by atoms with Gasteiger partial charge in [0, 0.05) is 18.2 Å². The third-order valence-electron chi connectivity index (χ3n) is 6.82. The highest BCUT2D eigenvalue weighted by Crippen LogP contribution is 2.45. The van der Waals surface area contributed by atoms with E-state index in [1.165, 1.54) is 24.0 Å². The van der Waals surface area contributed by atoms with Crippen molar-refractivity contribution in [1.82, 2.24) is 5.32 Å². The number of thiocarbonyl (C=S) groups is 1. The predicted octanol–water partition coefficient (Wildman–Crippen LogP) is 4.67. The van der Waals surface area contributed by atoms with Crippen molar-refractivity contribution in [1.29, 1.82) is 0 Å². The van der Waals surface area contributed by atoms with Crippen LogP contribution in [-0.2, 0) is 16.0 Å². The van der Waals surface area contributed by atoms with Gasteiger partial charge in [0.15, 0.2) is 10.8 Å². The van der Waals surface area contributed by atoms with Crippen LogP contribution in [0.25, 0.3) is 4.85 Å². The molecule has 6 nitrogen and oxygen atoms in total. The highest BCUT2D eigenvalue weighted by atomic mass is 32.1. The molecular weight excluding hydrogens is 439 g/mol. The highest BCUT2D eigenvalue weighted by Gasteiger charge is 2.43. The molecule has 4 rings (SSSR count). The number of anilines is 2. The number of halogens is 1. The molecule has 2 aromatic rings. The fourth-order valence-corrected chi connectivity index (χ4v) is 4.95. The summed E-state index contributed by atoms with van der Waals surface area (Å²) in [6, 6.07) is 10.7. The number of carbonyl (C=O) groups is 2. The maximum absolute atomic E-state index is 14.9. The molecule has 2 amide bonds. The smallest absolute Gasteiger partial charge is 0.253 e. The van der Waals surface area contributed by atoms with E-state index >= 15 is 0 Å². The van der Waals surface area contributed by atoms with Crippen LogP contribution < -0.4 is 15.1 Å². The first-order valence-corrected chi connectivity index (χ1v) is 11.3. The van der Waals surface area contributed by atoms with Gasteiger partial charge in [0.25, 0.3) is 5.91 Å². The minimum absolute atomic E-state index is 0.0149. The second kappa shape index (κ2) is 8.91. The lowest BCUT2D eigenvalue weighted by Gasteiger charge is -2.40. The number of amides is 2. The molecule has 0 atom stereocenters. The molecule has 1 N–H and O–H groups in total. The summed E-state index contributed by atoms with van der Waals surface area (Å²) in [5.74, 6) is -0.814. The van der Waals surface area contributed by atoms with Gasteiger partial charge in [0.1, 0.15) is 12.4 Å². The van der Waals surface area contributed by atoms with Gasteiger partial charge in [-0.15, -0.1) is 0 Å². The van der Waals surface area contributed by atoms with Crippen LogP contribution in [0.2, 0.25) is 0 Å². The molecule has 8 heteroatoms. The van der Waals surface area contributed by atoms with E-state index in [0.29, 0.717) is 0 Å². The molecule has 33 heavy (non-hydrogen) atoms. The predicted molar refractivity (Wildman–Crippen MR) is 130 cm³/mol. The molecule has 1 saturated heterocycles. The molecule has 2 aliphatic rings. The Morgan fingerprint density at radius 1 is 1.24 bits per heavy atom. The quantitative estimate of drug-likeness (QED) is 0.499. The van der Waals surface area contributed by atoms with E-state index in [9.17, 15) is 14.0 Å². The lowest BCUT2D eigenvalue weighted by atomic mass is 9.65. The topological polar surface area (TPSA) is 57.0 Å². The van der Waals surface area contributed by atoms with Crippen LogP contribution in [0.4, 0.5) is 21.5 Å². The van der Waals surface area contributed by atoms with E-state index in [2.05, 4.69) is 10.2 Å². The van der Waals surface area contributed by atoms with Crippen molar-refractivity contribution in [2.24, 2.45) is 5.41 Å². The second-order valence-electron chi connectivity index (χ2n) is 8.63. The molecule has 1 aliphatic heterocycles. The number of nitrogens with zero attached hydrogens (tertiary/aromatic N) is 3. The highest BCUT2D eigenvalue weighted by molar-refractivity contribution is 7.81. The number of aryl methyl sites for hydroxylation is 1. The largest absolute Gasteiger partial charge is 0.359 e. The Bertz CT molecular complexity index is 1170. The lowest BCUT2D eigenvalue weighted by molar-refractivity contribution is -0.136. The Labute approximate surface area is 198 Å². The van der Waals surface area contributed by atoms with Gasteiger partial charge in [-0.25, -0.2) is 9.24 Å². The normalized spacial score (nSPS) is 17.0. The number of nitrogens with one attached hydrogen (secondary N) is 1. The van der Waals surface area contributed by atoms with Crippen molar-refractivity contribution in [3.8, 4) is 0 Å². The Balaban J connectivity index is 1.49. The van der Waals surface area contributed by atoms with Crippen LogP contribution in [0.1, 0.15) is 36.8 Å². The number of carbonyl (C=O) groups excluding carboxylic acids is 2. The monoisotopic (exact) mass is 464 g/mol. The summed E-state index contributed by atoms with van der Waals surface area (Å²) < 4.78 is 14.9. The van der Waals surface area contributed by atoms with Gasteiger partial charge in [-0.2, -0.15) is 0 Å². The summed E-state index contributed by atoms with van der Waals surface area (Å²) in [6.07, 6.45) is 4.54. The van der Waals surface area contributed by atoms with Gasteiger partial charge in [0.05, 0.1) is 12.3 Å². The Hall–Kier alpha value is -3.31. The second-order valence-corrected chi connectivity index (χ2v) is 9.00. The van der Waals surface area contributed by atoms with E-state index in [1.54, 1.807) is 11.9 Å². The zero-order chi connectivity index (χ0) is 23.8. The lowest BCUT2D eigenvalue weighted by Crippen LogP contribution is -2.44. The summed E-state index contributed by atoms with van der Waals surface area (Å²) in [6.45, 7) is 8.67. The number of benzene rings is 2. The SMILES string of the molecule is [C-]#[N+]c1ccc(N2C(=O)CN(c3ccc(CCC4(C(=O)NC)CCC4)cc3)C2=S)c(F)c1C. The molecular formula is C25H25FN4O2S. The summed E-state index contributed by atoms with van der Waals surface area (Å²) in [5, 5.41) is 3.00. The maximum atomic E-state index is 14.9. The molecule has 1 aliphatic carbocycles. The van der Waals surface area contributed by atoms with Gasteiger partial charge in [-0.3, -0.25) is 14.5 Å². The van der Waals surface area contributed by atoms with Gasteiger partial charge >= 0.3 is 0 Å². The van der Waals surface area contributed by atoms with Crippen molar-refractivity contribution < 1.29 is 14.0 Å². The van der Waals surface area contributed by atoms with Gasteiger partial charge in [0.2, 0.25) is 5.91 Å². The third kappa shape index (κ3) is 3.98. The van der Waals surface area contributed by atoms with Gasteiger partial charge < -0.3 is 10.2 Å². The minimum atomic E-state index is -0.613. The van der Waals surface area contributed by atoms with Crippen LogP contribution in [-0.4, -0.2) is 30.5 Å². The van der Waals surface area contributed by atoms with Crippen molar-refractivity contribution >= 4 is 46.2 Å². The maximum Gasteiger partial charge on any atom is 0.253 e. The third-order valence-corrected chi connectivity index (χ3v) is 7.23. The molecule has 2 aromatic carbocycles. The molecule has 1 saturated carbocycles. The number of hydrogen-bond acceptors (Lipinski definition) is 3. The van der Waals surface area contributed by atoms with Crippen molar-refractivity contribution in [2.45, 2.75) is 39.0 Å². The number of hydrogen-bond donors (Lipinski definition) is 1. The molecule has 0 radical (unpaired) electrons. The molecule has 0 bridgehead atoms. The Morgan fingerprint density at radius 2 is 1.94 bits per heavy atom. The van der Waals surface area contributed by atoms with E-state index in [0.717, 1.165) is 43.4 Å². The van der Waals surface area contributed by atoms with Crippen molar-refractivity contribution in [3.05, 3.63) is 64.8 Å². The number of rotatable bonds is 6. The van der Waals surface area contributed by atoms with E-state index in [4.69, 9.17) is 18.8 Å². The van der Waals surface area contributed by atoms with Crippen molar-refractivity contribution in [2.75, 3.05) is 23.4 Å². The van der Waals surface area contributed by atoms with Crippen molar-refractivity contribution in [3.63, 3.8) is 0 Å².